The van der Waals surface area contributed by atoms with Gasteiger partial charge in [0.15, 0.2) is 0 Å². The molecule has 2 amide bonds. The molecule has 0 aromatic rings. The Bertz CT molecular complexity index is 251. The first-order chi connectivity index (χ1) is 6.63. The molecule has 1 aliphatic rings. The average Bonchev–Trinajstić information content (AvgIpc) is 2.16. The fourth-order valence-corrected chi connectivity index (χ4v) is 1.71. The molecule has 0 bridgehead atoms. The van der Waals surface area contributed by atoms with Crippen molar-refractivity contribution < 1.29 is 9.59 Å². The van der Waals surface area contributed by atoms with E-state index in [1.165, 1.54) is 13.0 Å². The maximum absolute atomic E-state index is 11.3. The second-order valence-corrected chi connectivity index (χ2v) is 3.53. The first-order valence-electron chi connectivity index (χ1n) is 4.82. The molecule has 0 radical (unpaired) electrons. The summed E-state index contributed by atoms with van der Waals surface area (Å²) in [6.07, 6.45) is 3.20. The molecule has 78 valence electrons. The number of likely N-dealkylation sites (tertiary alicyclic amines) is 1. The van der Waals surface area contributed by atoms with Gasteiger partial charge in [-0.15, -0.1) is 0 Å². The molecule has 4 heteroatoms. The Morgan fingerprint density at radius 1 is 1.57 bits per heavy atom. The molecule has 1 aliphatic heterocycles. The van der Waals surface area contributed by atoms with Crippen molar-refractivity contribution in [1.29, 1.82) is 0 Å². The summed E-state index contributed by atoms with van der Waals surface area (Å²) in [5.41, 5.74) is 0. The molecule has 1 N–H and O–H groups in total. The predicted molar refractivity (Wildman–Crippen MR) is 53.6 cm³/mol. The molecule has 1 unspecified atom stereocenters. The van der Waals surface area contributed by atoms with Gasteiger partial charge in [-0.3, -0.25) is 9.59 Å². The molecular formula is C10H16N2O2. The van der Waals surface area contributed by atoms with Crippen molar-refractivity contribution >= 4 is 11.8 Å². The number of amides is 2. The SMILES string of the molecule is C=CC(=O)N1CCCC(NC(C)=O)C1. The summed E-state index contributed by atoms with van der Waals surface area (Å²) >= 11 is 0. The van der Waals surface area contributed by atoms with Crippen LogP contribution in [0.1, 0.15) is 19.8 Å². The van der Waals surface area contributed by atoms with E-state index in [0.717, 1.165) is 19.4 Å². The molecule has 0 aromatic carbocycles. The number of carbonyl (C=O) groups excluding carboxylic acids is 2. The fourth-order valence-electron chi connectivity index (χ4n) is 1.71. The minimum absolute atomic E-state index is 0.0390. The molecule has 1 heterocycles. The molecule has 0 spiro atoms. The maximum atomic E-state index is 11.3. The van der Waals surface area contributed by atoms with Gasteiger partial charge in [-0.05, 0) is 18.9 Å². The first kappa shape index (κ1) is 10.8. The normalized spacial score (nSPS) is 21.5. The number of nitrogens with one attached hydrogen (secondary N) is 1. The number of hydrogen-bond acceptors (Lipinski definition) is 2. The highest BCUT2D eigenvalue weighted by Crippen LogP contribution is 2.10. The largest absolute Gasteiger partial charge is 0.352 e. The molecule has 1 fully saturated rings. The smallest absolute Gasteiger partial charge is 0.246 e. The zero-order valence-corrected chi connectivity index (χ0v) is 8.45. The molecule has 1 rings (SSSR count). The quantitative estimate of drug-likeness (QED) is 0.646. The number of hydrogen-bond donors (Lipinski definition) is 1. The van der Waals surface area contributed by atoms with Gasteiger partial charge in [-0.1, -0.05) is 6.58 Å². The van der Waals surface area contributed by atoms with Crippen molar-refractivity contribution in [3.63, 3.8) is 0 Å². The Morgan fingerprint density at radius 3 is 2.86 bits per heavy atom. The third-order valence-electron chi connectivity index (χ3n) is 2.32. The fraction of sp³-hybridized carbons (Fsp3) is 0.600. The van der Waals surface area contributed by atoms with E-state index < -0.39 is 0 Å². The van der Waals surface area contributed by atoms with Crippen molar-refractivity contribution in [2.45, 2.75) is 25.8 Å². The van der Waals surface area contributed by atoms with Gasteiger partial charge < -0.3 is 10.2 Å². The van der Waals surface area contributed by atoms with Crippen molar-refractivity contribution in [2.75, 3.05) is 13.1 Å². The second-order valence-electron chi connectivity index (χ2n) is 3.53. The molecule has 0 aromatic heterocycles. The van der Waals surface area contributed by atoms with Crippen LogP contribution in [0.5, 0.6) is 0 Å². The van der Waals surface area contributed by atoms with Gasteiger partial charge in [-0.25, -0.2) is 0 Å². The Labute approximate surface area is 84.0 Å². The minimum atomic E-state index is -0.0555. The summed E-state index contributed by atoms with van der Waals surface area (Å²) < 4.78 is 0. The molecular weight excluding hydrogens is 180 g/mol. The maximum Gasteiger partial charge on any atom is 0.246 e. The Hall–Kier alpha value is -1.32. The number of piperidine rings is 1. The van der Waals surface area contributed by atoms with Crippen LogP contribution in [0.15, 0.2) is 12.7 Å². The van der Waals surface area contributed by atoms with Crippen molar-refractivity contribution in [3.8, 4) is 0 Å². The van der Waals surface area contributed by atoms with E-state index in [2.05, 4.69) is 11.9 Å². The third-order valence-corrected chi connectivity index (χ3v) is 2.32. The highest BCUT2D eigenvalue weighted by molar-refractivity contribution is 5.87. The highest BCUT2D eigenvalue weighted by Gasteiger charge is 2.22. The van der Waals surface area contributed by atoms with Crippen LogP contribution >= 0.6 is 0 Å². The molecule has 4 nitrogen and oxygen atoms in total. The van der Waals surface area contributed by atoms with Gasteiger partial charge in [0.2, 0.25) is 11.8 Å². The van der Waals surface area contributed by atoms with E-state index in [9.17, 15) is 9.59 Å². The summed E-state index contributed by atoms with van der Waals surface area (Å²) in [5, 5.41) is 2.82. The minimum Gasteiger partial charge on any atom is -0.352 e. The second kappa shape index (κ2) is 4.79. The lowest BCUT2D eigenvalue weighted by Crippen LogP contribution is -2.48. The number of nitrogens with zero attached hydrogens (tertiary/aromatic N) is 1. The summed E-state index contributed by atoms with van der Waals surface area (Å²) in [6.45, 7) is 6.30. The van der Waals surface area contributed by atoms with E-state index in [-0.39, 0.29) is 17.9 Å². The van der Waals surface area contributed by atoms with Crippen LogP contribution in [0.4, 0.5) is 0 Å². The van der Waals surface area contributed by atoms with Crippen molar-refractivity contribution in [3.05, 3.63) is 12.7 Å². The van der Waals surface area contributed by atoms with E-state index >= 15 is 0 Å². The Balaban J connectivity index is 2.47. The Morgan fingerprint density at radius 2 is 2.29 bits per heavy atom. The number of carbonyl (C=O) groups is 2. The molecule has 0 aliphatic carbocycles. The van der Waals surface area contributed by atoms with E-state index in [4.69, 9.17) is 0 Å². The first-order valence-corrected chi connectivity index (χ1v) is 4.82. The standard InChI is InChI=1S/C10H16N2O2/c1-3-10(14)12-6-4-5-9(7-12)11-8(2)13/h3,9H,1,4-7H2,2H3,(H,11,13). The van der Waals surface area contributed by atoms with Gasteiger partial charge in [0, 0.05) is 26.1 Å². The lowest BCUT2D eigenvalue weighted by Gasteiger charge is -2.32. The van der Waals surface area contributed by atoms with Crippen LogP contribution < -0.4 is 5.32 Å². The topological polar surface area (TPSA) is 49.4 Å². The van der Waals surface area contributed by atoms with E-state index in [0.29, 0.717) is 6.54 Å². The Kier molecular flexibility index (Phi) is 3.68. The van der Waals surface area contributed by atoms with Gasteiger partial charge in [0.1, 0.15) is 0 Å². The van der Waals surface area contributed by atoms with Crippen LogP contribution in [0.3, 0.4) is 0 Å². The third kappa shape index (κ3) is 2.87. The van der Waals surface area contributed by atoms with Crippen molar-refractivity contribution in [1.82, 2.24) is 10.2 Å². The van der Waals surface area contributed by atoms with Crippen LogP contribution in [-0.4, -0.2) is 35.8 Å². The summed E-state index contributed by atoms with van der Waals surface area (Å²) in [6, 6.07) is 0.102. The van der Waals surface area contributed by atoms with Crippen LogP contribution in [0.25, 0.3) is 0 Å². The summed E-state index contributed by atoms with van der Waals surface area (Å²) in [4.78, 5) is 23.8. The van der Waals surface area contributed by atoms with Gasteiger partial charge in [0.25, 0.3) is 0 Å². The molecule has 14 heavy (non-hydrogen) atoms. The van der Waals surface area contributed by atoms with Crippen molar-refractivity contribution in [2.24, 2.45) is 0 Å². The zero-order valence-electron chi connectivity index (χ0n) is 8.45. The number of rotatable bonds is 2. The molecule has 1 saturated heterocycles. The lowest BCUT2D eigenvalue weighted by atomic mass is 10.1. The average molecular weight is 196 g/mol. The van der Waals surface area contributed by atoms with E-state index in [1.54, 1.807) is 4.90 Å². The zero-order chi connectivity index (χ0) is 10.6. The highest BCUT2D eigenvalue weighted by atomic mass is 16.2. The summed E-state index contributed by atoms with van der Waals surface area (Å²) in [5.74, 6) is -0.0945. The van der Waals surface area contributed by atoms with Gasteiger partial charge in [0.05, 0.1) is 0 Å². The molecule has 0 saturated carbocycles. The van der Waals surface area contributed by atoms with Gasteiger partial charge in [-0.2, -0.15) is 0 Å². The van der Waals surface area contributed by atoms with Gasteiger partial charge >= 0.3 is 0 Å². The van der Waals surface area contributed by atoms with E-state index in [1.807, 2.05) is 0 Å². The van der Waals surface area contributed by atoms with Crippen LogP contribution in [-0.2, 0) is 9.59 Å². The molecule has 1 atom stereocenters. The monoisotopic (exact) mass is 196 g/mol. The van der Waals surface area contributed by atoms with Crippen LogP contribution in [0, 0.1) is 0 Å². The summed E-state index contributed by atoms with van der Waals surface area (Å²) in [7, 11) is 0. The van der Waals surface area contributed by atoms with Crippen LogP contribution in [0.2, 0.25) is 0 Å². The predicted octanol–water partition coefficient (Wildman–Crippen LogP) is 0.299. The lowest BCUT2D eigenvalue weighted by molar-refractivity contribution is -0.128.